The SMILES string of the molecule is COC(=O)c1ccc(N=Nc2c(-c3ccc(Cc4ccccc4)cc3)[nH]c3ccccc23)cc1. The molecule has 0 saturated heterocycles. The van der Waals surface area contributed by atoms with E-state index in [4.69, 9.17) is 4.74 Å². The zero-order chi connectivity index (χ0) is 23.3. The third kappa shape index (κ3) is 4.50. The number of aromatic amines is 1. The number of esters is 1. The summed E-state index contributed by atoms with van der Waals surface area (Å²) >= 11 is 0. The first-order valence-electron chi connectivity index (χ1n) is 11.1. The van der Waals surface area contributed by atoms with Gasteiger partial charge in [-0.15, -0.1) is 5.11 Å². The highest BCUT2D eigenvalue weighted by atomic mass is 16.5. The van der Waals surface area contributed by atoms with Gasteiger partial charge in [0.1, 0.15) is 5.69 Å². The average Bonchev–Trinajstić information content (AvgIpc) is 3.27. The number of ether oxygens (including phenoxy) is 1. The molecule has 166 valence electrons. The van der Waals surface area contributed by atoms with Gasteiger partial charge in [0.2, 0.25) is 0 Å². The second-order valence-corrected chi connectivity index (χ2v) is 7.99. The van der Waals surface area contributed by atoms with Crippen molar-refractivity contribution in [2.24, 2.45) is 10.2 Å². The van der Waals surface area contributed by atoms with Crippen LogP contribution in [-0.2, 0) is 11.2 Å². The van der Waals surface area contributed by atoms with E-state index in [-0.39, 0.29) is 5.97 Å². The fourth-order valence-corrected chi connectivity index (χ4v) is 3.95. The Balaban J connectivity index is 1.46. The van der Waals surface area contributed by atoms with Crippen molar-refractivity contribution in [3.05, 3.63) is 120 Å². The second kappa shape index (κ2) is 9.55. The predicted octanol–water partition coefficient (Wildman–Crippen LogP) is 7.63. The topological polar surface area (TPSA) is 66.8 Å². The van der Waals surface area contributed by atoms with Gasteiger partial charge in [0.15, 0.2) is 0 Å². The summed E-state index contributed by atoms with van der Waals surface area (Å²) in [5.41, 5.74) is 7.41. The molecular weight excluding hydrogens is 422 g/mol. The third-order valence-electron chi connectivity index (χ3n) is 5.73. The zero-order valence-electron chi connectivity index (χ0n) is 18.7. The number of hydrogen-bond acceptors (Lipinski definition) is 4. The Morgan fingerprint density at radius 3 is 2.18 bits per heavy atom. The fourth-order valence-electron chi connectivity index (χ4n) is 3.95. The highest BCUT2D eigenvalue weighted by molar-refractivity contribution is 5.99. The standard InChI is InChI=1S/C29H23N3O2/c1-34-29(33)23-15-17-24(18-16-23)31-32-28-25-9-5-6-10-26(25)30-27(28)22-13-11-21(12-14-22)19-20-7-3-2-4-8-20/h2-18,30H,19H2,1H3. The molecule has 5 aromatic rings. The Labute approximate surface area is 197 Å². The number of rotatable bonds is 6. The molecule has 1 N–H and O–H groups in total. The molecule has 0 aliphatic rings. The molecule has 5 heteroatoms. The summed E-state index contributed by atoms with van der Waals surface area (Å²) in [5, 5.41) is 10.0. The average molecular weight is 446 g/mol. The highest BCUT2D eigenvalue weighted by Gasteiger charge is 2.13. The lowest BCUT2D eigenvalue weighted by molar-refractivity contribution is 0.0601. The first-order valence-corrected chi connectivity index (χ1v) is 11.1. The van der Waals surface area contributed by atoms with Crippen molar-refractivity contribution in [2.45, 2.75) is 6.42 Å². The summed E-state index contributed by atoms with van der Waals surface area (Å²) in [7, 11) is 1.36. The van der Waals surface area contributed by atoms with Crippen LogP contribution < -0.4 is 0 Å². The molecule has 1 heterocycles. The molecule has 34 heavy (non-hydrogen) atoms. The minimum absolute atomic E-state index is 0.377. The summed E-state index contributed by atoms with van der Waals surface area (Å²) < 4.78 is 4.75. The van der Waals surface area contributed by atoms with Gasteiger partial charge >= 0.3 is 5.97 Å². The first kappa shape index (κ1) is 21.3. The van der Waals surface area contributed by atoms with E-state index in [1.54, 1.807) is 24.3 Å². The van der Waals surface area contributed by atoms with Gasteiger partial charge in [-0.1, -0.05) is 72.8 Å². The van der Waals surface area contributed by atoms with Gasteiger partial charge in [0.05, 0.1) is 24.1 Å². The van der Waals surface area contributed by atoms with Crippen molar-refractivity contribution in [3.8, 4) is 11.3 Å². The predicted molar refractivity (Wildman–Crippen MR) is 135 cm³/mol. The number of nitrogens with one attached hydrogen (secondary N) is 1. The van der Waals surface area contributed by atoms with E-state index in [9.17, 15) is 4.79 Å². The van der Waals surface area contributed by atoms with Gasteiger partial charge in [-0.3, -0.25) is 0 Å². The molecule has 0 fully saturated rings. The number of nitrogens with zero attached hydrogens (tertiary/aromatic N) is 2. The van der Waals surface area contributed by atoms with Crippen LogP contribution in [0.1, 0.15) is 21.5 Å². The molecule has 0 spiro atoms. The Bertz CT molecular complexity index is 1450. The van der Waals surface area contributed by atoms with Crippen LogP contribution in [0.5, 0.6) is 0 Å². The molecule has 4 aromatic carbocycles. The third-order valence-corrected chi connectivity index (χ3v) is 5.73. The van der Waals surface area contributed by atoms with Gasteiger partial charge in [-0.05, 0) is 47.9 Å². The van der Waals surface area contributed by atoms with E-state index >= 15 is 0 Å². The van der Waals surface area contributed by atoms with Crippen molar-refractivity contribution in [1.82, 2.24) is 4.98 Å². The molecule has 1 aromatic heterocycles. The van der Waals surface area contributed by atoms with Crippen molar-refractivity contribution >= 4 is 28.2 Å². The number of hydrogen-bond donors (Lipinski definition) is 1. The lowest BCUT2D eigenvalue weighted by atomic mass is 10.0. The number of carbonyl (C=O) groups excluding carboxylic acids is 1. The number of azo groups is 1. The molecule has 0 aliphatic heterocycles. The molecule has 0 amide bonds. The summed E-state index contributed by atoms with van der Waals surface area (Å²) in [4.78, 5) is 15.2. The van der Waals surface area contributed by atoms with Crippen LogP contribution in [0.4, 0.5) is 11.4 Å². The minimum Gasteiger partial charge on any atom is -0.465 e. The lowest BCUT2D eigenvalue weighted by Gasteiger charge is -2.05. The van der Waals surface area contributed by atoms with Gasteiger partial charge in [0, 0.05) is 16.5 Å². The number of carbonyl (C=O) groups is 1. The van der Waals surface area contributed by atoms with Crippen molar-refractivity contribution in [3.63, 3.8) is 0 Å². The van der Waals surface area contributed by atoms with E-state index < -0.39 is 0 Å². The maximum absolute atomic E-state index is 11.7. The van der Waals surface area contributed by atoms with Crippen molar-refractivity contribution in [1.29, 1.82) is 0 Å². The summed E-state index contributed by atoms with van der Waals surface area (Å²) in [6.45, 7) is 0. The first-order chi connectivity index (χ1) is 16.7. The number of fused-ring (bicyclic) bond motifs is 1. The van der Waals surface area contributed by atoms with Gasteiger partial charge in [-0.25, -0.2) is 4.79 Å². The molecule has 0 atom stereocenters. The van der Waals surface area contributed by atoms with E-state index in [1.807, 2.05) is 30.3 Å². The molecule has 5 nitrogen and oxygen atoms in total. The molecule has 5 rings (SSSR count). The lowest BCUT2D eigenvalue weighted by Crippen LogP contribution is -1.99. The molecule has 0 bridgehead atoms. The fraction of sp³-hybridized carbons (Fsp3) is 0.0690. The van der Waals surface area contributed by atoms with Crippen molar-refractivity contribution < 1.29 is 9.53 Å². The molecular formula is C29H23N3O2. The van der Waals surface area contributed by atoms with Crippen LogP contribution in [0.3, 0.4) is 0 Å². The van der Waals surface area contributed by atoms with E-state index in [1.165, 1.54) is 18.2 Å². The minimum atomic E-state index is -0.377. The number of benzene rings is 4. The molecule has 0 unspecified atom stereocenters. The normalized spacial score (nSPS) is 11.2. The number of H-pyrrole nitrogens is 1. The number of aromatic nitrogens is 1. The van der Waals surface area contributed by atoms with Gasteiger partial charge in [-0.2, -0.15) is 5.11 Å². The Morgan fingerprint density at radius 1 is 0.765 bits per heavy atom. The molecule has 0 aliphatic carbocycles. The summed E-state index contributed by atoms with van der Waals surface area (Å²) in [6, 6.07) is 33.9. The molecule has 0 radical (unpaired) electrons. The van der Waals surface area contributed by atoms with E-state index in [0.717, 1.165) is 34.3 Å². The van der Waals surface area contributed by atoms with Crippen LogP contribution in [0.25, 0.3) is 22.2 Å². The van der Waals surface area contributed by atoms with Crippen molar-refractivity contribution in [2.75, 3.05) is 7.11 Å². The van der Waals surface area contributed by atoms with Crippen LogP contribution >= 0.6 is 0 Å². The number of para-hydroxylation sites is 1. The summed E-state index contributed by atoms with van der Waals surface area (Å²) in [6.07, 6.45) is 0.891. The van der Waals surface area contributed by atoms with Crippen LogP contribution in [0, 0.1) is 0 Å². The van der Waals surface area contributed by atoms with Crippen LogP contribution in [-0.4, -0.2) is 18.1 Å². The maximum atomic E-state index is 11.7. The Kier molecular flexibility index (Phi) is 5.99. The highest BCUT2D eigenvalue weighted by Crippen LogP contribution is 2.38. The van der Waals surface area contributed by atoms with Gasteiger partial charge < -0.3 is 9.72 Å². The largest absolute Gasteiger partial charge is 0.465 e. The molecule has 0 saturated carbocycles. The quantitative estimate of drug-likeness (QED) is 0.216. The zero-order valence-corrected chi connectivity index (χ0v) is 18.7. The Morgan fingerprint density at radius 2 is 1.44 bits per heavy atom. The maximum Gasteiger partial charge on any atom is 0.337 e. The van der Waals surface area contributed by atoms with Gasteiger partial charge in [0.25, 0.3) is 0 Å². The van der Waals surface area contributed by atoms with E-state index in [0.29, 0.717) is 11.3 Å². The summed E-state index contributed by atoms with van der Waals surface area (Å²) in [5.74, 6) is -0.377. The monoisotopic (exact) mass is 445 g/mol. The number of methoxy groups -OCH3 is 1. The van der Waals surface area contributed by atoms with Crippen LogP contribution in [0.15, 0.2) is 113 Å². The van der Waals surface area contributed by atoms with Crippen LogP contribution in [0.2, 0.25) is 0 Å². The smallest absolute Gasteiger partial charge is 0.337 e. The Hall–Kier alpha value is -4.51. The second-order valence-electron chi connectivity index (χ2n) is 7.99. The van der Waals surface area contributed by atoms with E-state index in [2.05, 4.69) is 63.7 Å².